The third kappa shape index (κ3) is 5.44. The number of ether oxygens (including phenoxy) is 2. The molecule has 1 fully saturated rings. The second-order valence-corrected chi connectivity index (χ2v) is 7.57. The Bertz CT molecular complexity index is 523. The summed E-state index contributed by atoms with van der Waals surface area (Å²) < 4.78 is 51.6. The molecule has 0 saturated carbocycles. The molecular formula is C16H17F3O2Te. The van der Waals surface area contributed by atoms with Crippen molar-refractivity contribution < 1.29 is 22.6 Å². The van der Waals surface area contributed by atoms with E-state index in [-0.39, 0.29) is 6.10 Å². The van der Waals surface area contributed by atoms with E-state index in [1.165, 1.54) is 5.57 Å². The molecule has 0 spiro atoms. The van der Waals surface area contributed by atoms with Gasteiger partial charge in [-0.15, -0.1) is 0 Å². The summed E-state index contributed by atoms with van der Waals surface area (Å²) >= 11 is -0.629. The molecule has 2 nitrogen and oxygen atoms in total. The Morgan fingerprint density at radius 3 is 2.68 bits per heavy atom. The first-order valence-corrected chi connectivity index (χ1v) is 9.32. The van der Waals surface area contributed by atoms with Crippen LogP contribution in [0.3, 0.4) is 0 Å². The van der Waals surface area contributed by atoms with Gasteiger partial charge in [-0.1, -0.05) is 0 Å². The van der Waals surface area contributed by atoms with Gasteiger partial charge >= 0.3 is 138 Å². The maximum atomic E-state index is 12.5. The number of halogens is 3. The predicted octanol–water partition coefficient (Wildman–Crippen LogP) is 2.91. The van der Waals surface area contributed by atoms with Crippen LogP contribution < -0.4 is 3.61 Å². The first kappa shape index (κ1) is 17.6. The van der Waals surface area contributed by atoms with E-state index in [9.17, 15) is 13.2 Å². The number of rotatable bonds is 6. The van der Waals surface area contributed by atoms with Crippen LogP contribution >= 0.6 is 0 Å². The van der Waals surface area contributed by atoms with Gasteiger partial charge in [0.1, 0.15) is 0 Å². The average Bonchev–Trinajstić information content (AvgIpc) is 2.93. The average molecular weight is 426 g/mol. The van der Waals surface area contributed by atoms with Gasteiger partial charge in [-0.3, -0.25) is 0 Å². The predicted molar refractivity (Wildman–Crippen MR) is 80.3 cm³/mol. The van der Waals surface area contributed by atoms with Crippen LogP contribution in [0.2, 0.25) is 0 Å². The molecule has 1 aliphatic heterocycles. The molecule has 0 aliphatic carbocycles. The van der Waals surface area contributed by atoms with E-state index in [2.05, 4.69) is 10.7 Å². The van der Waals surface area contributed by atoms with Gasteiger partial charge in [0.05, 0.1) is 0 Å². The summed E-state index contributed by atoms with van der Waals surface area (Å²) in [5, 5.41) is 0. The van der Waals surface area contributed by atoms with E-state index in [1.54, 1.807) is 18.2 Å². The second kappa shape index (κ2) is 8.16. The maximum absolute atomic E-state index is 12.5. The van der Waals surface area contributed by atoms with Crippen LogP contribution in [-0.2, 0) is 15.7 Å². The Morgan fingerprint density at radius 2 is 2.05 bits per heavy atom. The second-order valence-electron chi connectivity index (χ2n) is 4.88. The van der Waals surface area contributed by atoms with E-state index in [4.69, 9.17) is 9.47 Å². The Labute approximate surface area is 138 Å². The van der Waals surface area contributed by atoms with Crippen LogP contribution in [-0.4, -0.2) is 46.8 Å². The quantitative estimate of drug-likeness (QED) is 0.396. The molecule has 1 atom stereocenters. The van der Waals surface area contributed by atoms with Crippen LogP contribution in [0.15, 0.2) is 46.6 Å². The van der Waals surface area contributed by atoms with Crippen LogP contribution in [0.5, 0.6) is 0 Å². The minimum absolute atomic E-state index is 0.0752. The SMILES string of the molecule is C=CCOCC1C/C(=C\[Te]c2ccc(C(F)(F)F)cc2)CO1. The number of alkyl halides is 3. The zero-order chi connectivity index (χ0) is 16.0. The zero-order valence-electron chi connectivity index (χ0n) is 11.9. The monoisotopic (exact) mass is 428 g/mol. The molecule has 0 amide bonds. The van der Waals surface area contributed by atoms with Gasteiger partial charge in [0.2, 0.25) is 0 Å². The minimum atomic E-state index is -4.27. The van der Waals surface area contributed by atoms with Crippen molar-refractivity contribution >= 4 is 24.5 Å². The van der Waals surface area contributed by atoms with E-state index in [0.29, 0.717) is 19.8 Å². The Hall–Kier alpha value is -0.800. The molecule has 0 bridgehead atoms. The first-order chi connectivity index (χ1) is 10.5. The number of benzene rings is 1. The fourth-order valence-electron chi connectivity index (χ4n) is 1.98. The van der Waals surface area contributed by atoms with Crippen molar-refractivity contribution in [1.82, 2.24) is 0 Å². The van der Waals surface area contributed by atoms with E-state index < -0.39 is 32.7 Å². The Balaban J connectivity index is 1.83. The zero-order valence-corrected chi connectivity index (χ0v) is 14.3. The third-order valence-corrected chi connectivity index (χ3v) is 5.92. The van der Waals surface area contributed by atoms with Crippen molar-refractivity contribution in [2.24, 2.45) is 0 Å². The van der Waals surface area contributed by atoms with Crippen LogP contribution in [0, 0.1) is 0 Å². The fourth-order valence-corrected chi connectivity index (χ4v) is 4.15. The van der Waals surface area contributed by atoms with Crippen LogP contribution in [0.4, 0.5) is 13.2 Å². The van der Waals surface area contributed by atoms with Crippen molar-refractivity contribution in [3.63, 3.8) is 0 Å². The van der Waals surface area contributed by atoms with E-state index >= 15 is 0 Å². The van der Waals surface area contributed by atoms with Crippen molar-refractivity contribution in [3.8, 4) is 0 Å². The van der Waals surface area contributed by atoms with Gasteiger partial charge in [-0.05, 0) is 0 Å². The van der Waals surface area contributed by atoms with Crippen molar-refractivity contribution in [2.75, 3.05) is 19.8 Å². The molecule has 22 heavy (non-hydrogen) atoms. The first-order valence-electron chi connectivity index (χ1n) is 6.81. The van der Waals surface area contributed by atoms with Crippen molar-refractivity contribution in [2.45, 2.75) is 18.7 Å². The van der Waals surface area contributed by atoms with E-state index in [1.807, 2.05) is 0 Å². The molecule has 1 aromatic carbocycles. The van der Waals surface area contributed by atoms with Crippen LogP contribution in [0.1, 0.15) is 12.0 Å². The molecule has 0 radical (unpaired) electrons. The molecular weight excluding hydrogens is 409 g/mol. The topological polar surface area (TPSA) is 18.5 Å². The normalized spacial score (nSPS) is 20.5. The van der Waals surface area contributed by atoms with E-state index in [0.717, 1.165) is 22.2 Å². The van der Waals surface area contributed by atoms with Gasteiger partial charge in [-0.25, -0.2) is 0 Å². The molecule has 1 aliphatic rings. The molecule has 1 heterocycles. The molecule has 6 heteroatoms. The van der Waals surface area contributed by atoms with Crippen molar-refractivity contribution in [3.05, 3.63) is 52.2 Å². The summed E-state index contributed by atoms with van der Waals surface area (Å²) in [5.74, 6) is 0. The Kier molecular flexibility index (Phi) is 6.51. The summed E-state index contributed by atoms with van der Waals surface area (Å²) in [6, 6.07) is 5.44. The Morgan fingerprint density at radius 1 is 1.32 bits per heavy atom. The van der Waals surface area contributed by atoms with Gasteiger partial charge in [0.25, 0.3) is 0 Å². The van der Waals surface area contributed by atoms with Gasteiger partial charge in [0.15, 0.2) is 0 Å². The summed E-state index contributed by atoms with van der Waals surface area (Å²) in [6.07, 6.45) is -1.66. The van der Waals surface area contributed by atoms with Crippen molar-refractivity contribution in [1.29, 1.82) is 0 Å². The van der Waals surface area contributed by atoms with Gasteiger partial charge < -0.3 is 0 Å². The van der Waals surface area contributed by atoms with Gasteiger partial charge in [0, 0.05) is 0 Å². The molecule has 2 rings (SSSR count). The summed E-state index contributed by atoms with van der Waals surface area (Å²) in [4.78, 5) is 0. The standard InChI is InChI=1S/C16H17F3O2Te/c1-2-7-20-10-14-8-12(9-21-14)11-22-15-5-3-13(4-6-15)16(17,18)19/h2-6,11,14H,1,7-10H2/b12-11+. The van der Waals surface area contributed by atoms with Crippen LogP contribution in [0.25, 0.3) is 0 Å². The summed E-state index contributed by atoms with van der Waals surface area (Å²) in [6.45, 7) is 5.23. The third-order valence-electron chi connectivity index (χ3n) is 3.08. The van der Waals surface area contributed by atoms with Gasteiger partial charge in [-0.2, -0.15) is 0 Å². The molecule has 1 saturated heterocycles. The summed E-state index contributed by atoms with van der Waals surface area (Å²) in [5.41, 5.74) is 0.620. The molecule has 0 N–H and O–H groups in total. The number of hydrogen-bond donors (Lipinski definition) is 0. The fraction of sp³-hybridized carbons (Fsp3) is 0.375. The molecule has 120 valence electrons. The summed E-state index contributed by atoms with van der Waals surface area (Å²) in [7, 11) is 0. The molecule has 1 aromatic rings. The molecule has 0 aromatic heterocycles. The number of hydrogen-bond acceptors (Lipinski definition) is 2. The molecule has 1 unspecified atom stereocenters.